The standard InChI is InChI=1S/2C10H9.2C8H10O3.C2H4.Zr/c2*1-8-6-9-4-2-3-5-10(9)7-8;2*1-10-6-4-3-5-7(11-2)8(6)9;1-2;/h2*2-7H,1H3;2*3-5,9H,1-2H3;1-2H2;/q;;;;;+2/p-2. The van der Waals surface area contributed by atoms with Crippen LogP contribution in [-0.2, 0) is 20.3 Å². The van der Waals surface area contributed by atoms with Crippen LogP contribution in [0.2, 0.25) is 8.26 Å². The molecule has 3 aliphatic rings. The molecule has 1 fully saturated rings. The van der Waals surface area contributed by atoms with E-state index in [9.17, 15) is 10.2 Å². The molecule has 4 aromatic carbocycles. The van der Waals surface area contributed by atoms with Gasteiger partial charge < -0.3 is 29.2 Å². The van der Waals surface area contributed by atoms with Crippen molar-refractivity contribution in [3.8, 4) is 34.5 Å². The van der Waals surface area contributed by atoms with Crippen LogP contribution in [-0.4, -0.2) is 28.4 Å². The van der Waals surface area contributed by atoms with E-state index in [1.54, 1.807) is 66.9 Å². The summed E-state index contributed by atoms with van der Waals surface area (Å²) in [6, 6.07) is 28.1. The molecule has 0 N–H and O–H groups in total. The summed E-state index contributed by atoms with van der Waals surface area (Å²) in [5.41, 5.74) is 9.58. The molecule has 1 aliphatic heterocycles. The fourth-order valence-corrected chi connectivity index (χ4v) is 24.8. The second-order valence-electron chi connectivity index (χ2n) is 11.6. The third-order valence-electron chi connectivity index (χ3n) is 9.03. The van der Waals surface area contributed by atoms with Crippen LogP contribution in [0.4, 0.5) is 0 Å². The second-order valence-corrected chi connectivity index (χ2v) is 23.0. The number of ether oxygens (including phenoxy) is 4. The number of methoxy groups -OCH3 is 4. The summed E-state index contributed by atoms with van der Waals surface area (Å²) >= 11 is -2.25. The van der Waals surface area contributed by atoms with Crippen molar-refractivity contribution in [1.82, 2.24) is 0 Å². The van der Waals surface area contributed by atoms with E-state index < -0.39 is 20.3 Å². The molecule has 2 atom stereocenters. The maximum Gasteiger partial charge on any atom is 0.114 e. The molecule has 2 aliphatic carbocycles. The van der Waals surface area contributed by atoms with Gasteiger partial charge in [-0.15, -0.1) is 0 Å². The van der Waals surface area contributed by atoms with E-state index in [2.05, 4.69) is 74.5 Å². The molecule has 0 spiro atoms. The Morgan fingerprint density at radius 1 is 0.511 bits per heavy atom. The molecule has 0 aromatic heterocycles. The van der Waals surface area contributed by atoms with Crippen molar-refractivity contribution in [2.75, 3.05) is 28.4 Å². The van der Waals surface area contributed by atoms with Gasteiger partial charge in [0.2, 0.25) is 0 Å². The Balaban J connectivity index is 0.000000153. The van der Waals surface area contributed by atoms with Gasteiger partial charge in [0.1, 0.15) is 23.0 Å². The van der Waals surface area contributed by atoms with Crippen LogP contribution in [0.25, 0.3) is 12.2 Å². The molecule has 1 heterocycles. The Kier molecular flexibility index (Phi) is 10.1. The maximum absolute atomic E-state index is 11.2. The summed E-state index contributed by atoms with van der Waals surface area (Å²) in [7, 11) is 5.82. The minimum absolute atomic E-state index is 0.211. The average Bonchev–Trinajstić information content (AvgIpc) is 3.64. The smallest absolute Gasteiger partial charge is 0.114 e. The van der Waals surface area contributed by atoms with Crippen molar-refractivity contribution < 1.29 is 49.4 Å². The minimum Gasteiger partial charge on any atom is -0.867 e. The van der Waals surface area contributed by atoms with Crippen LogP contribution in [0.5, 0.6) is 34.5 Å². The van der Waals surface area contributed by atoms with Crippen LogP contribution in [0.15, 0.2) is 96.1 Å². The Bertz CT molecular complexity index is 1550. The zero-order valence-electron chi connectivity index (χ0n) is 26.8. The number of allylic oxidation sites excluding steroid dienone is 2. The molecular formula is C38H40O6Zr. The summed E-state index contributed by atoms with van der Waals surface area (Å²) < 4.78 is 23.9. The summed E-state index contributed by atoms with van der Waals surface area (Å²) in [6.07, 6.45) is 4.94. The Morgan fingerprint density at radius 2 is 0.844 bits per heavy atom. The fraction of sp³-hybridized carbons (Fsp3) is 0.263. The van der Waals surface area contributed by atoms with E-state index in [4.69, 9.17) is 18.9 Å². The van der Waals surface area contributed by atoms with Crippen molar-refractivity contribution in [3.63, 3.8) is 0 Å². The van der Waals surface area contributed by atoms with E-state index in [0.717, 1.165) is 7.25 Å². The number of hydrogen-bond acceptors (Lipinski definition) is 6. The van der Waals surface area contributed by atoms with Gasteiger partial charge >= 0.3 is 144 Å². The SMILES string of the molecule is CC1=Cc2ccccc2[CH]1[Zr+2]1([CH]2C(C)=Cc3ccccc32)[CH2][CH2]1.COc1cccc(OC)c1[O-].COc1cccc(OC)c1[O-]. The van der Waals surface area contributed by atoms with Crippen LogP contribution < -0.4 is 29.2 Å². The zero-order valence-corrected chi connectivity index (χ0v) is 29.2. The Labute approximate surface area is 271 Å². The number of rotatable bonds is 6. The predicted molar refractivity (Wildman–Crippen MR) is 173 cm³/mol. The van der Waals surface area contributed by atoms with Gasteiger partial charge in [-0.25, -0.2) is 0 Å². The Hall–Kier alpha value is -3.96. The van der Waals surface area contributed by atoms with Crippen molar-refractivity contribution in [1.29, 1.82) is 0 Å². The zero-order chi connectivity index (χ0) is 32.1. The van der Waals surface area contributed by atoms with E-state index in [0.29, 0.717) is 23.0 Å². The van der Waals surface area contributed by atoms with Crippen molar-refractivity contribution >= 4 is 12.2 Å². The van der Waals surface area contributed by atoms with Gasteiger partial charge in [0.05, 0.1) is 28.4 Å². The van der Waals surface area contributed by atoms with Crippen molar-refractivity contribution in [3.05, 3.63) is 118 Å². The largest absolute Gasteiger partial charge is 0.867 e. The van der Waals surface area contributed by atoms with Crippen molar-refractivity contribution in [2.24, 2.45) is 0 Å². The first-order valence-corrected chi connectivity index (χ1v) is 21.4. The van der Waals surface area contributed by atoms with Gasteiger partial charge in [-0.1, -0.05) is 12.1 Å². The molecule has 7 rings (SSSR count). The minimum atomic E-state index is -2.25. The molecule has 0 bridgehead atoms. The normalized spacial score (nSPS) is 17.3. The first-order chi connectivity index (χ1) is 21.8. The quantitative estimate of drug-likeness (QED) is 0.206. The number of fused-ring (bicyclic) bond motifs is 2. The van der Waals surface area contributed by atoms with Crippen molar-refractivity contribution in [2.45, 2.75) is 29.4 Å². The third-order valence-corrected chi connectivity index (χ3v) is 22.5. The molecule has 6 nitrogen and oxygen atoms in total. The second kappa shape index (κ2) is 14.0. The number of hydrogen-bond donors (Lipinski definition) is 0. The summed E-state index contributed by atoms with van der Waals surface area (Å²) in [4.78, 5) is 0. The first-order valence-electron chi connectivity index (χ1n) is 15.1. The number of benzene rings is 4. The van der Waals surface area contributed by atoms with E-state index >= 15 is 0 Å². The van der Waals surface area contributed by atoms with E-state index in [1.807, 2.05) is 0 Å². The predicted octanol–water partition coefficient (Wildman–Crippen LogP) is 7.86. The van der Waals surface area contributed by atoms with Gasteiger partial charge in [0, 0.05) is 0 Å². The molecule has 0 radical (unpaired) electrons. The maximum atomic E-state index is 11.2. The molecule has 45 heavy (non-hydrogen) atoms. The summed E-state index contributed by atoms with van der Waals surface area (Å²) in [6.45, 7) is 4.78. The van der Waals surface area contributed by atoms with E-state index in [1.165, 1.54) is 39.6 Å². The first kappa shape index (κ1) is 32.4. The van der Waals surface area contributed by atoms with Gasteiger partial charge in [-0.3, -0.25) is 0 Å². The molecule has 4 aromatic rings. The average molecular weight is 684 g/mol. The fourth-order valence-electron chi connectivity index (χ4n) is 7.01. The monoisotopic (exact) mass is 682 g/mol. The van der Waals surface area contributed by atoms with Crippen LogP contribution >= 0.6 is 0 Å². The van der Waals surface area contributed by atoms with Crippen LogP contribution in [0.3, 0.4) is 0 Å². The van der Waals surface area contributed by atoms with Gasteiger partial charge in [0.15, 0.2) is 0 Å². The molecule has 0 saturated carbocycles. The van der Waals surface area contributed by atoms with Gasteiger partial charge in [0.25, 0.3) is 0 Å². The molecule has 1 saturated heterocycles. The molecule has 232 valence electrons. The third kappa shape index (κ3) is 6.42. The van der Waals surface area contributed by atoms with Crippen LogP contribution in [0, 0.1) is 0 Å². The molecular weight excluding hydrogens is 644 g/mol. The van der Waals surface area contributed by atoms with Gasteiger partial charge in [-0.05, 0) is 35.8 Å². The summed E-state index contributed by atoms with van der Waals surface area (Å²) in [5, 5.41) is 22.4. The number of para-hydroxylation sites is 2. The molecule has 2 unspecified atom stereocenters. The Morgan fingerprint density at radius 3 is 1.16 bits per heavy atom. The van der Waals surface area contributed by atoms with E-state index in [-0.39, 0.29) is 11.5 Å². The topological polar surface area (TPSA) is 83.0 Å². The van der Waals surface area contributed by atoms with Crippen LogP contribution in [0.1, 0.15) is 43.4 Å². The summed E-state index contributed by atoms with van der Waals surface area (Å²) in [5.74, 6) is 0.817. The van der Waals surface area contributed by atoms with Gasteiger partial charge in [-0.2, -0.15) is 0 Å². The molecule has 0 amide bonds. The molecule has 7 heteroatoms.